The summed E-state index contributed by atoms with van der Waals surface area (Å²) in [5.41, 5.74) is 0.281. The van der Waals surface area contributed by atoms with Gasteiger partial charge in [0, 0.05) is 0 Å². The molecule has 1 heterocycles. The highest BCUT2D eigenvalue weighted by Crippen LogP contribution is 2.22. The second kappa shape index (κ2) is 3.43. The summed E-state index contributed by atoms with van der Waals surface area (Å²) in [7, 11) is 0. The van der Waals surface area contributed by atoms with E-state index in [-0.39, 0.29) is 12.1 Å². The van der Waals surface area contributed by atoms with Crippen molar-refractivity contribution >= 4 is 17.5 Å². The standard InChI is InChI=1S/C10H8FNO3/c11-6-1-3-7(4-2-6)12-9(14)5-8(13)10(12)15/h1-4,8,13H,5H2. The van der Waals surface area contributed by atoms with Crippen LogP contribution in [-0.4, -0.2) is 23.0 Å². The van der Waals surface area contributed by atoms with Crippen LogP contribution in [0, 0.1) is 5.82 Å². The fourth-order valence-corrected chi connectivity index (χ4v) is 1.48. The van der Waals surface area contributed by atoms with Crippen molar-refractivity contribution in [1.82, 2.24) is 0 Å². The number of aliphatic hydroxyl groups is 1. The minimum absolute atomic E-state index is 0.212. The quantitative estimate of drug-likeness (QED) is 0.683. The first-order valence-corrected chi connectivity index (χ1v) is 4.40. The molecule has 4 nitrogen and oxygen atoms in total. The third kappa shape index (κ3) is 1.61. The maximum Gasteiger partial charge on any atom is 0.263 e. The van der Waals surface area contributed by atoms with Gasteiger partial charge in [-0.3, -0.25) is 9.59 Å². The highest BCUT2D eigenvalue weighted by molar-refractivity contribution is 6.21. The van der Waals surface area contributed by atoms with E-state index < -0.39 is 23.7 Å². The van der Waals surface area contributed by atoms with Crippen LogP contribution in [0.5, 0.6) is 0 Å². The van der Waals surface area contributed by atoms with Gasteiger partial charge in [-0.1, -0.05) is 0 Å². The lowest BCUT2D eigenvalue weighted by atomic mass is 10.3. The molecule has 1 saturated heterocycles. The maximum atomic E-state index is 12.6. The summed E-state index contributed by atoms with van der Waals surface area (Å²) in [6, 6.07) is 4.95. The smallest absolute Gasteiger partial charge is 0.263 e. The minimum Gasteiger partial charge on any atom is -0.383 e. The summed E-state index contributed by atoms with van der Waals surface area (Å²) in [4.78, 5) is 23.6. The number of imide groups is 1. The number of anilines is 1. The Morgan fingerprint density at radius 1 is 1.27 bits per heavy atom. The van der Waals surface area contributed by atoms with Crippen LogP contribution in [0.3, 0.4) is 0 Å². The Morgan fingerprint density at radius 2 is 1.87 bits per heavy atom. The molecule has 2 amide bonds. The molecule has 2 rings (SSSR count). The lowest BCUT2D eigenvalue weighted by Crippen LogP contribution is -2.31. The lowest BCUT2D eigenvalue weighted by molar-refractivity contribution is -0.124. The number of rotatable bonds is 1. The third-order valence-corrected chi connectivity index (χ3v) is 2.21. The summed E-state index contributed by atoms with van der Waals surface area (Å²) >= 11 is 0. The Bertz CT molecular complexity index is 415. The number of nitrogens with zero attached hydrogens (tertiary/aromatic N) is 1. The van der Waals surface area contributed by atoms with Crippen LogP contribution in [0.2, 0.25) is 0 Å². The van der Waals surface area contributed by atoms with E-state index in [1.807, 2.05) is 0 Å². The largest absolute Gasteiger partial charge is 0.383 e. The lowest BCUT2D eigenvalue weighted by Gasteiger charge is -2.13. The van der Waals surface area contributed by atoms with Gasteiger partial charge in [-0.2, -0.15) is 0 Å². The molecule has 0 saturated carbocycles. The SMILES string of the molecule is O=C1CC(O)C(=O)N1c1ccc(F)cc1. The number of benzene rings is 1. The summed E-state index contributed by atoms with van der Waals surface area (Å²) in [5.74, 6) is -1.58. The van der Waals surface area contributed by atoms with E-state index in [0.717, 1.165) is 17.0 Å². The number of hydrogen-bond donors (Lipinski definition) is 1. The average Bonchev–Trinajstić information content (AvgIpc) is 2.44. The Kier molecular flexibility index (Phi) is 2.24. The van der Waals surface area contributed by atoms with Gasteiger partial charge in [-0.15, -0.1) is 0 Å². The van der Waals surface area contributed by atoms with Gasteiger partial charge in [-0.25, -0.2) is 9.29 Å². The number of aliphatic hydroxyl groups excluding tert-OH is 1. The van der Waals surface area contributed by atoms with Gasteiger partial charge in [-0.05, 0) is 24.3 Å². The molecule has 0 spiro atoms. The van der Waals surface area contributed by atoms with Gasteiger partial charge in [0.05, 0.1) is 12.1 Å². The first-order chi connectivity index (χ1) is 7.09. The number of carbonyl (C=O) groups is 2. The third-order valence-electron chi connectivity index (χ3n) is 2.21. The monoisotopic (exact) mass is 209 g/mol. The van der Waals surface area contributed by atoms with Gasteiger partial charge >= 0.3 is 0 Å². The molecule has 0 aliphatic carbocycles. The highest BCUT2D eigenvalue weighted by Gasteiger charge is 2.38. The highest BCUT2D eigenvalue weighted by atomic mass is 19.1. The van der Waals surface area contributed by atoms with E-state index in [9.17, 15) is 14.0 Å². The molecule has 5 heteroatoms. The van der Waals surface area contributed by atoms with Gasteiger partial charge in [0.1, 0.15) is 11.9 Å². The Hall–Kier alpha value is -1.75. The van der Waals surface area contributed by atoms with Crippen LogP contribution in [0.25, 0.3) is 0 Å². The molecule has 1 fully saturated rings. The number of halogens is 1. The average molecular weight is 209 g/mol. The van der Waals surface area contributed by atoms with Crippen LogP contribution in [-0.2, 0) is 9.59 Å². The normalized spacial score (nSPS) is 21.2. The fraction of sp³-hybridized carbons (Fsp3) is 0.200. The van der Waals surface area contributed by atoms with Crippen LogP contribution in [0.15, 0.2) is 24.3 Å². The number of hydrogen-bond acceptors (Lipinski definition) is 3. The van der Waals surface area contributed by atoms with Crippen LogP contribution >= 0.6 is 0 Å². The van der Waals surface area contributed by atoms with Crippen molar-refractivity contribution in [3.63, 3.8) is 0 Å². The minimum atomic E-state index is -1.28. The molecule has 1 aromatic carbocycles. The zero-order valence-corrected chi connectivity index (χ0v) is 7.68. The predicted octanol–water partition coefficient (Wildman–Crippen LogP) is 0.450. The summed E-state index contributed by atoms with van der Waals surface area (Å²) < 4.78 is 12.6. The Labute approximate surface area is 84.9 Å². The molecule has 0 bridgehead atoms. The van der Waals surface area contributed by atoms with Gasteiger partial charge < -0.3 is 5.11 Å². The van der Waals surface area contributed by atoms with Crippen LogP contribution in [0.1, 0.15) is 6.42 Å². The molecule has 78 valence electrons. The number of carbonyl (C=O) groups excluding carboxylic acids is 2. The van der Waals surface area contributed by atoms with E-state index in [4.69, 9.17) is 5.11 Å². The molecule has 1 aliphatic rings. The fourth-order valence-electron chi connectivity index (χ4n) is 1.48. The van der Waals surface area contributed by atoms with Crippen molar-refractivity contribution in [2.24, 2.45) is 0 Å². The first-order valence-electron chi connectivity index (χ1n) is 4.40. The van der Waals surface area contributed by atoms with Gasteiger partial charge in [0.25, 0.3) is 5.91 Å². The van der Waals surface area contributed by atoms with E-state index >= 15 is 0 Å². The van der Waals surface area contributed by atoms with Crippen molar-refractivity contribution in [3.05, 3.63) is 30.1 Å². The molecule has 1 atom stereocenters. The van der Waals surface area contributed by atoms with Crippen molar-refractivity contribution in [1.29, 1.82) is 0 Å². The molecule has 0 radical (unpaired) electrons. The Morgan fingerprint density at radius 3 is 2.33 bits per heavy atom. The van der Waals surface area contributed by atoms with E-state index in [1.54, 1.807) is 0 Å². The van der Waals surface area contributed by atoms with E-state index in [0.29, 0.717) is 0 Å². The zero-order valence-electron chi connectivity index (χ0n) is 7.68. The zero-order chi connectivity index (χ0) is 11.0. The van der Waals surface area contributed by atoms with Crippen molar-refractivity contribution < 1.29 is 19.1 Å². The van der Waals surface area contributed by atoms with Crippen LogP contribution in [0.4, 0.5) is 10.1 Å². The molecule has 15 heavy (non-hydrogen) atoms. The Balaban J connectivity index is 2.35. The van der Waals surface area contributed by atoms with E-state index in [2.05, 4.69) is 0 Å². The molecule has 1 unspecified atom stereocenters. The molecular formula is C10H8FNO3. The maximum absolute atomic E-state index is 12.6. The second-order valence-electron chi connectivity index (χ2n) is 3.26. The van der Waals surface area contributed by atoms with Crippen molar-refractivity contribution in [2.45, 2.75) is 12.5 Å². The molecule has 1 aromatic rings. The molecular weight excluding hydrogens is 201 g/mol. The summed E-state index contributed by atoms with van der Waals surface area (Å²) in [5, 5.41) is 9.17. The number of amides is 2. The molecule has 0 aromatic heterocycles. The summed E-state index contributed by atoms with van der Waals surface area (Å²) in [6.07, 6.45) is -1.49. The molecule has 1 N–H and O–H groups in total. The summed E-state index contributed by atoms with van der Waals surface area (Å²) in [6.45, 7) is 0. The van der Waals surface area contributed by atoms with E-state index in [1.165, 1.54) is 12.1 Å². The van der Waals surface area contributed by atoms with Gasteiger partial charge in [0.15, 0.2) is 0 Å². The van der Waals surface area contributed by atoms with Gasteiger partial charge in [0.2, 0.25) is 5.91 Å². The topological polar surface area (TPSA) is 57.6 Å². The first kappa shape index (κ1) is 9.79. The van der Waals surface area contributed by atoms with Crippen LogP contribution < -0.4 is 4.90 Å². The second-order valence-corrected chi connectivity index (χ2v) is 3.26. The molecule has 1 aliphatic heterocycles. The van der Waals surface area contributed by atoms with Crippen molar-refractivity contribution in [3.8, 4) is 0 Å². The van der Waals surface area contributed by atoms with Crippen molar-refractivity contribution in [2.75, 3.05) is 4.90 Å². The predicted molar refractivity (Wildman–Crippen MR) is 49.5 cm³/mol.